The monoisotopic (exact) mass is 1100 g/mol. The SMILES string of the molecule is C=Cc1cn(CC(=O)C(=O)OCOC(=O)C(=O)Cn2ccc(-c3cc(NCc4ccc(Cl)s4)n(C(=O)c4ccno4)n3)c(N3CCOCC3)c2=O)c(=O)cc1-c1cc(N(C)Cc2ccc(Cl)s2)n(C(=O)C(C)(C)C)n1. The Morgan fingerprint density at radius 2 is 1.48 bits per heavy atom. The van der Waals surface area contributed by atoms with E-state index in [0.717, 1.165) is 23.6 Å². The molecule has 0 unspecified atom stereocenters. The van der Waals surface area contributed by atoms with Crippen molar-refractivity contribution in [1.82, 2.24) is 33.9 Å². The number of hydrogen-bond donors (Lipinski definition) is 1. The van der Waals surface area contributed by atoms with Crippen LogP contribution < -0.4 is 26.2 Å². The smallest absolute Gasteiger partial charge is 0.379 e. The van der Waals surface area contributed by atoms with E-state index in [9.17, 15) is 38.4 Å². The highest BCUT2D eigenvalue weighted by molar-refractivity contribution is 7.16. The number of ketones is 2. The van der Waals surface area contributed by atoms with Crippen LogP contribution in [0.1, 0.15) is 51.4 Å². The third-order valence-electron chi connectivity index (χ3n) is 11.4. The van der Waals surface area contributed by atoms with Gasteiger partial charge < -0.3 is 43.0 Å². The van der Waals surface area contributed by atoms with Crippen molar-refractivity contribution in [1.29, 1.82) is 0 Å². The molecule has 1 saturated heterocycles. The summed E-state index contributed by atoms with van der Waals surface area (Å²) in [6.07, 6.45) is 5.29. The van der Waals surface area contributed by atoms with Crippen molar-refractivity contribution in [3.8, 4) is 22.5 Å². The fourth-order valence-corrected chi connectivity index (χ4v) is 9.83. The lowest BCUT2D eigenvalue weighted by molar-refractivity contribution is -0.173. The van der Waals surface area contributed by atoms with Gasteiger partial charge in [0.1, 0.15) is 17.3 Å². The minimum atomic E-state index is -1.48. The van der Waals surface area contributed by atoms with Gasteiger partial charge in [0.05, 0.1) is 65.7 Å². The average molecular weight is 1100 g/mol. The number of aromatic nitrogens is 7. The van der Waals surface area contributed by atoms with Crippen molar-refractivity contribution in [3.63, 3.8) is 0 Å². The number of nitrogens with zero attached hydrogens (tertiary/aromatic N) is 9. The first-order chi connectivity index (χ1) is 35.8. The van der Waals surface area contributed by atoms with Crippen LogP contribution in [0.15, 0.2) is 93.9 Å². The largest absolute Gasteiger partial charge is 0.422 e. The maximum atomic E-state index is 14.2. The number of carbonyl (C=O) groups is 6. The Morgan fingerprint density at radius 1 is 0.840 bits per heavy atom. The number of rotatable bonds is 19. The fourth-order valence-electron chi connectivity index (χ4n) is 7.66. The van der Waals surface area contributed by atoms with Gasteiger partial charge >= 0.3 is 17.8 Å². The molecule has 0 bridgehead atoms. The molecule has 1 fully saturated rings. The standard InChI is InChI=1S/C49H46Cl2N10O12S2/c1-6-28-23-59(42(64)19-32(28)34-21-41(61(55-34)48(69)49(2,3)4)56(5)24-30-8-10-39(51)75-30)26-36(63)47(68)72-27-71-46(67)35(62)25-58-14-12-31(43(45(58)66)57-15-17-70-18-16-57)33-20-40(52-22-29-7-9-38(50)74-29)60(54-33)44(65)37-11-13-53-73-37/h6-14,19-21,23,52H,1,15-18,22,24-27H2,2-5H3. The van der Waals surface area contributed by atoms with E-state index >= 15 is 0 Å². The number of hydrogen-bond acceptors (Lipinski definition) is 20. The van der Waals surface area contributed by atoms with Gasteiger partial charge in [0.2, 0.25) is 12.6 Å². The van der Waals surface area contributed by atoms with Gasteiger partial charge in [0.15, 0.2) is 0 Å². The molecule has 26 heteroatoms. The van der Waals surface area contributed by atoms with Crippen LogP contribution in [0, 0.1) is 5.41 Å². The topological polar surface area (TPSA) is 254 Å². The predicted octanol–water partition coefficient (Wildman–Crippen LogP) is 6.14. The van der Waals surface area contributed by atoms with E-state index in [1.165, 1.54) is 70.2 Å². The molecule has 1 aliphatic heterocycles. The first-order valence-corrected chi connectivity index (χ1v) is 25.2. The van der Waals surface area contributed by atoms with Gasteiger partial charge in [-0.15, -0.1) is 22.7 Å². The van der Waals surface area contributed by atoms with Gasteiger partial charge in [-0.3, -0.25) is 28.8 Å². The van der Waals surface area contributed by atoms with Crippen LogP contribution >= 0.6 is 45.9 Å². The second kappa shape index (κ2) is 22.8. The molecule has 390 valence electrons. The zero-order valence-corrected chi connectivity index (χ0v) is 43.7. The minimum absolute atomic E-state index is 0.0994. The predicted molar refractivity (Wildman–Crippen MR) is 278 cm³/mol. The van der Waals surface area contributed by atoms with Crippen molar-refractivity contribution >= 4 is 105 Å². The Labute approximate surface area is 444 Å². The zero-order chi connectivity index (χ0) is 53.7. The molecular weight excluding hydrogens is 1060 g/mol. The molecule has 1 aliphatic rings. The number of anilines is 3. The Hall–Kier alpha value is -7.77. The summed E-state index contributed by atoms with van der Waals surface area (Å²) in [7, 11) is 1.79. The number of Topliss-reactive ketones (excluding diaryl/α,β-unsaturated/α-hetero) is 2. The second-order valence-electron chi connectivity index (χ2n) is 17.7. The van der Waals surface area contributed by atoms with E-state index in [0.29, 0.717) is 37.7 Å². The average Bonchev–Trinajstić information content (AvgIpc) is 4.27. The molecule has 0 amide bonds. The summed E-state index contributed by atoms with van der Waals surface area (Å²) < 4.78 is 25.8. The quantitative estimate of drug-likeness (QED) is 0.0542. The van der Waals surface area contributed by atoms with E-state index in [2.05, 4.69) is 27.2 Å². The van der Waals surface area contributed by atoms with Crippen molar-refractivity contribution in [2.75, 3.05) is 55.3 Å². The lowest BCUT2D eigenvalue weighted by Crippen LogP contribution is -2.41. The van der Waals surface area contributed by atoms with Crippen LogP contribution in [0.25, 0.3) is 28.6 Å². The molecule has 8 rings (SSSR count). The maximum absolute atomic E-state index is 14.2. The number of halogens is 2. The van der Waals surface area contributed by atoms with Crippen LogP contribution in [0.5, 0.6) is 0 Å². The molecule has 7 aromatic rings. The molecule has 22 nitrogen and oxygen atoms in total. The van der Waals surface area contributed by atoms with E-state index in [1.54, 1.807) is 57.0 Å². The molecular formula is C49H46Cl2N10O12S2. The van der Waals surface area contributed by atoms with E-state index in [4.69, 9.17) is 41.9 Å². The van der Waals surface area contributed by atoms with Crippen molar-refractivity contribution in [3.05, 3.63) is 130 Å². The summed E-state index contributed by atoms with van der Waals surface area (Å²) in [6.45, 7) is 8.15. The van der Waals surface area contributed by atoms with Gasteiger partial charge in [-0.2, -0.15) is 19.6 Å². The molecule has 0 aromatic carbocycles. The van der Waals surface area contributed by atoms with E-state index in [1.807, 2.05) is 17.0 Å². The summed E-state index contributed by atoms with van der Waals surface area (Å²) in [5.74, 6) is -5.73. The normalized spacial score (nSPS) is 12.6. The molecule has 8 heterocycles. The summed E-state index contributed by atoms with van der Waals surface area (Å²) in [5, 5.41) is 16.0. The molecule has 0 saturated carbocycles. The Morgan fingerprint density at radius 3 is 2.09 bits per heavy atom. The zero-order valence-electron chi connectivity index (χ0n) is 40.6. The number of ether oxygens (including phenoxy) is 3. The van der Waals surface area contributed by atoms with Gasteiger partial charge in [-0.25, -0.2) is 9.59 Å². The highest BCUT2D eigenvalue weighted by Crippen LogP contribution is 2.33. The van der Waals surface area contributed by atoms with Crippen molar-refractivity contribution < 1.29 is 47.5 Å². The van der Waals surface area contributed by atoms with Crippen LogP contribution in [0.2, 0.25) is 8.67 Å². The highest BCUT2D eigenvalue weighted by atomic mass is 35.5. The summed E-state index contributed by atoms with van der Waals surface area (Å²) in [5.41, 5.74) is -0.714. The molecule has 1 N–H and O–H groups in total. The van der Waals surface area contributed by atoms with Crippen LogP contribution in [-0.2, 0) is 59.6 Å². The number of thiophene rings is 2. The molecule has 75 heavy (non-hydrogen) atoms. The molecule has 0 aliphatic carbocycles. The number of esters is 2. The third-order valence-corrected chi connectivity index (χ3v) is 13.9. The first-order valence-electron chi connectivity index (χ1n) is 22.8. The first kappa shape index (κ1) is 53.5. The minimum Gasteiger partial charge on any atom is -0.422 e. The Bertz CT molecular complexity index is 3470. The number of carbonyl (C=O) groups excluding carboxylic acids is 6. The van der Waals surface area contributed by atoms with Gasteiger partial charge in [0.25, 0.3) is 28.6 Å². The lowest BCUT2D eigenvalue weighted by atomic mass is 9.96. The summed E-state index contributed by atoms with van der Waals surface area (Å²) in [4.78, 5) is 112. The van der Waals surface area contributed by atoms with Crippen LogP contribution in [-0.4, -0.2) is 109 Å². The maximum Gasteiger partial charge on any atom is 0.379 e. The van der Waals surface area contributed by atoms with Crippen LogP contribution in [0.3, 0.4) is 0 Å². The van der Waals surface area contributed by atoms with Crippen molar-refractivity contribution in [2.45, 2.75) is 47.0 Å². The highest BCUT2D eigenvalue weighted by Gasteiger charge is 2.31. The number of nitrogens with one attached hydrogen (secondary N) is 1. The molecule has 0 atom stereocenters. The Kier molecular flexibility index (Phi) is 16.3. The van der Waals surface area contributed by atoms with Gasteiger partial charge in [-0.05, 0) is 35.9 Å². The third kappa shape index (κ3) is 12.3. The summed E-state index contributed by atoms with van der Waals surface area (Å²) >= 11 is 15.0. The number of morpholine rings is 1. The fraction of sp³-hybridized carbons (Fsp3) is 0.286. The Balaban J connectivity index is 0.929. The summed E-state index contributed by atoms with van der Waals surface area (Å²) in [6, 6.07) is 14.5. The van der Waals surface area contributed by atoms with Crippen LogP contribution in [0.4, 0.5) is 17.3 Å². The molecule has 0 spiro atoms. The van der Waals surface area contributed by atoms with E-state index in [-0.39, 0.29) is 67.4 Å². The second-order valence-corrected chi connectivity index (χ2v) is 21.3. The number of pyridine rings is 2. The van der Waals surface area contributed by atoms with E-state index < -0.39 is 65.8 Å². The molecule has 7 aromatic heterocycles. The van der Waals surface area contributed by atoms with Crippen molar-refractivity contribution in [2.24, 2.45) is 5.41 Å². The lowest BCUT2D eigenvalue weighted by Gasteiger charge is -2.30. The molecule has 0 radical (unpaired) electrons. The van der Waals surface area contributed by atoms with Gasteiger partial charge in [0, 0.05) is 83.1 Å². The van der Waals surface area contributed by atoms with Gasteiger partial charge in [-0.1, -0.05) is 61.8 Å².